The van der Waals surface area contributed by atoms with Crippen LogP contribution in [0.1, 0.15) is 0 Å². The minimum absolute atomic E-state index is 0.776. The van der Waals surface area contributed by atoms with Crippen LogP contribution in [-0.4, -0.2) is 6.86 Å². The Hall–Kier alpha value is -0.640. The van der Waals surface area contributed by atoms with Crippen LogP contribution in [-0.2, 0) is 0 Å². The lowest BCUT2D eigenvalue weighted by molar-refractivity contribution is -0.891. The molecule has 44 valence electrons. The van der Waals surface area contributed by atoms with Crippen LogP contribution in [0.3, 0.4) is 0 Å². The van der Waals surface area contributed by atoms with Crippen LogP contribution in [0.4, 0.5) is 4.39 Å². The van der Waals surface area contributed by atoms with Crippen molar-refractivity contribution >= 4 is 11.3 Å². The molecule has 8 heavy (non-hydrogen) atoms. The van der Waals surface area contributed by atoms with Gasteiger partial charge in [-0.3, -0.25) is 0 Å². The van der Waals surface area contributed by atoms with E-state index in [9.17, 15) is 4.39 Å². The summed E-state index contributed by atoms with van der Waals surface area (Å²) in [6, 6.07) is 0. The molecule has 1 aromatic rings. The van der Waals surface area contributed by atoms with Gasteiger partial charge in [-0.2, -0.15) is 4.39 Å². The molecule has 0 bridgehead atoms. The van der Waals surface area contributed by atoms with Gasteiger partial charge in [-0.05, 0) is 0 Å². The third kappa shape index (κ3) is 1.16. The number of nitrogens with zero attached hydrogens (tertiary/aromatic N) is 1. The molecule has 0 aliphatic rings. The van der Waals surface area contributed by atoms with Crippen molar-refractivity contribution in [3.05, 3.63) is 17.1 Å². The van der Waals surface area contributed by atoms with Gasteiger partial charge in [0.15, 0.2) is 0 Å². The van der Waals surface area contributed by atoms with Crippen LogP contribution in [0, 0.1) is 0 Å². The first-order valence-electron chi connectivity index (χ1n) is 2.06. The van der Waals surface area contributed by atoms with Gasteiger partial charge >= 0.3 is 0 Å². The van der Waals surface area contributed by atoms with Gasteiger partial charge in [0, 0.05) is 4.73 Å². The second-order valence-corrected chi connectivity index (χ2v) is 1.88. The standard InChI is InChI=1S/C4H5FNOS/c5-3-7-6-1-2-8-4-6/h1-2,4H,3H2/q+1. The number of halogens is 1. The maximum atomic E-state index is 11.3. The first-order chi connectivity index (χ1) is 3.93. The van der Waals surface area contributed by atoms with E-state index < -0.39 is 6.86 Å². The Bertz CT molecular complexity index is 142. The van der Waals surface area contributed by atoms with Crippen molar-refractivity contribution in [3.63, 3.8) is 0 Å². The van der Waals surface area contributed by atoms with E-state index in [1.54, 1.807) is 17.1 Å². The van der Waals surface area contributed by atoms with Gasteiger partial charge < -0.3 is 0 Å². The van der Waals surface area contributed by atoms with Crippen molar-refractivity contribution in [1.29, 1.82) is 0 Å². The van der Waals surface area contributed by atoms with Crippen molar-refractivity contribution in [3.8, 4) is 0 Å². The van der Waals surface area contributed by atoms with E-state index in [-0.39, 0.29) is 0 Å². The molecule has 0 radical (unpaired) electrons. The Morgan fingerprint density at radius 1 is 1.75 bits per heavy atom. The summed E-state index contributed by atoms with van der Waals surface area (Å²) < 4.78 is 12.6. The fraction of sp³-hybridized carbons (Fsp3) is 0.250. The lowest BCUT2D eigenvalue weighted by Crippen LogP contribution is -2.39. The summed E-state index contributed by atoms with van der Waals surface area (Å²) in [5.41, 5.74) is 1.67. The topological polar surface area (TPSA) is 13.1 Å². The molecule has 0 saturated carbocycles. The molecule has 0 fully saturated rings. The highest BCUT2D eigenvalue weighted by molar-refractivity contribution is 7.07. The normalized spacial score (nSPS) is 9.12. The summed E-state index contributed by atoms with van der Waals surface area (Å²) in [4.78, 5) is 4.41. The first-order valence-corrected chi connectivity index (χ1v) is 3.00. The second kappa shape index (κ2) is 2.61. The van der Waals surface area contributed by atoms with Gasteiger partial charge in [-0.25, -0.2) is 4.84 Å². The van der Waals surface area contributed by atoms with E-state index in [0.717, 1.165) is 0 Å². The van der Waals surface area contributed by atoms with Crippen molar-refractivity contribution in [2.75, 3.05) is 6.86 Å². The molecular formula is C4H5FNOS+. The molecule has 0 amide bonds. The molecule has 0 aliphatic carbocycles. The number of hydrogen-bond acceptors (Lipinski definition) is 2. The van der Waals surface area contributed by atoms with Gasteiger partial charge in [0.1, 0.15) is 0 Å². The van der Waals surface area contributed by atoms with E-state index in [2.05, 4.69) is 4.84 Å². The molecule has 4 heteroatoms. The molecule has 1 aromatic heterocycles. The smallest absolute Gasteiger partial charge is 0.237 e. The van der Waals surface area contributed by atoms with Crippen LogP contribution in [0.5, 0.6) is 0 Å². The molecule has 0 spiro atoms. The molecule has 0 saturated heterocycles. The molecule has 0 aliphatic heterocycles. The lowest BCUT2D eigenvalue weighted by Gasteiger charge is -1.81. The molecule has 0 aromatic carbocycles. The minimum Gasteiger partial charge on any atom is -0.237 e. The van der Waals surface area contributed by atoms with E-state index >= 15 is 0 Å². The Morgan fingerprint density at radius 2 is 2.62 bits per heavy atom. The quantitative estimate of drug-likeness (QED) is 0.533. The number of rotatable bonds is 2. The molecule has 0 atom stereocenters. The fourth-order valence-electron chi connectivity index (χ4n) is 0.355. The van der Waals surface area contributed by atoms with Crippen LogP contribution in [0.25, 0.3) is 0 Å². The Kier molecular flexibility index (Phi) is 1.80. The summed E-state index contributed by atoms with van der Waals surface area (Å²) in [5.74, 6) is 0. The lowest BCUT2D eigenvalue weighted by atomic mass is 11.0. The van der Waals surface area contributed by atoms with Crippen molar-refractivity contribution in [2.45, 2.75) is 0 Å². The van der Waals surface area contributed by atoms with E-state index in [1.165, 1.54) is 16.1 Å². The van der Waals surface area contributed by atoms with E-state index in [0.29, 0.717) is 0 Å². The van der Waals surface area contributed by atoms with Crippen LogP contribution in [0.2, 0.25) is 0 Å². The van der Waals surface area contributed by atoms with E-state index in [4.69, 9.17) is 0 Å². The number of aromatic nitrogens is 1. The number of alkyl halides is 1. The minimum atomic E-state index is -0.776. The predicted molar refractivity (Wildman–Crippen MR) is 27.1 cm³/mol. The molecular weight excluding hydrogens is 129 g/mol. The Balaban J connectivity index is 2.50. The SMILES string of the molecule is FCO[n+]1ccsc1. The van der Waals surface area contributed by atoms with E-state index in [1.807, 2.05) is 0 Å². The van der Waals surface area contributed by atoms with Crippen molar-refractivity contribution in [2.24, 2.45) is 0 Å². The van der Waals surface area contributed by atoms with Crippen LogP contribution >= 0.6 is 11.3 Å². The van der Waals surface area contributed by atoms with Crippen LogP contribution < -0.4 is 9.57 Å². The van der Waals surface area contributed by atoms with Gasteiger partial charge in [-0.1, -0.05) is 11.3 Å². The predicted octanol–water partition coefficient (Wildman–Crippen LogP) is 0.391. The first kappa shape index (κ1) is 5.50. The maximum Gasteiger partial charge on any atom is 0.297 e. The monoisotopic (exact) mass is 134 g/mol. The fourth-order valence-corrected chi connectivity index (χ4v) is 0.867. The third-order valence-electron chi connectivity index (χ3n) is 0.649. The zero-order chi connectivity index (χ0) is 5.82. The summed E-state index contributed by atoms with van der Waals surface area (Å²) in [5, 5.41) is 1.80. The summed E-state index contributed by atoms with van der Waals surface area (Å²) >= 11 is 1.45. The largest absolute Gasteiger partial charge is 0.297 e. The van der Waals surface area contributed by atoms with Gasteiger partial charge in [-0.15, -0.1) is 0 Å². The number of hydrogen-bond donors (Lipinski definition) is 0. The average molecular weight is 134 g/mol. The molecule has 1 rings (SSSR count). The average Bonchev–Trinajstić information content (AvgIpc) is 2.19. The molecule has 1 heterocycles. The van der Waals surface area contributed by atoms with Crippen molar-refractivity contribution < 1.29 is 14.0 Å². The Morgan fingerprint density at radius 3 is 3.12 bits per heavy atom. The zero-order valence-electron chi connectivity index (χ0n) is 4.08. The maximum absolute atomic E-state index is 11.3. The van der Waals surface area contributed by atoms with Crippen LogP contribution in [0.15, 0.2) is 17.1 Å². The highest BCUT2D eigenvalue weighted by atomic mass is 32.1. The molecule has 0 N–H and O–H groups in total. The number of thiazole rings is 1. The Labute approximate surface area is 50.1 Å². The van der Waals surface area contributed by atoms with Gasteiger partial charge in [0.25, 0.3) is 12.4 Å². The molecule has 2 nitrogen and oxygen atoms in total. The summed E-state index contributed by atoms with van der Waals surface area (Å²) in [6.45, 7) is -0.776. The highest BCUT2D eigenvalue weighted by Gasteiger charge is 1.96. The summed E-state index contributed by atoms with van der Waals surface area (Å²) in [6.07, 6.45) is 1.64. The van der Waals surface area contributed by atoms with Gasteiger partial charge in [0.2, 0.25) is 6.20 Å². The third-order valence-corrected chi connectivity index (χ3v) is 1.26. The zero-order valence-corrected chi connectivity index (χ0v) is 4.90. The van der Waals surface area contributed by atoms with Crippen molar-refractivity contribution in [1.82, 2.24) is 0 Å². The second-order valence-electron chi connectivity index (χ2n) is 1.12. The van der Waals surface area contributed by atoms with Gasteiger partial charge in [0.05, 0.1) is 5.38 Å². The molecule has 0 unspecified atom stereocenters. The summed E-state index contributed by atoms with van der Waals surface area (Å²) in [7, 11) is 0. The highest BCUT2D eigenvalue weighted by Crippen LogP contribution is 1.84.